The van der Waals surface area contributed by atoms with Gasteiger partial charge in [-0.2, -0.15) is 0 Å². The van der Waals surface area contributed by atoms with E-state index in [4.69, 9.17) is 10.2 Å². The van der Waals surface area contributed by atoms with Crippen LogP contribution in [0.3, 0.4) is 0 Å². The molecule has 1 saturated carbocycles. The minimum Gasteiger partial charge on any atom is -0.416 e. The summed E-state index contributed by atoms with van der Waals surface area (Å²) in [5.41, 5.74) is 4.93. The van der Waals surface area contributed by atoms with Gasteiger partial charge in [-0.15, -0.1) is 10.2 Å². The summed E-state index contributed by atoms with van der Waals surface area (Å²) in [7, 11) is 0. The van der Waals surface area contributed by atoms with Crippen molar-refractivity contribution in [2.24, 2.45) is 5.73 Å². The quantitative estimate of drug-likeness (QED) is 0.752. The molecule has 2 amide bonds. The molecule has 1 aromatic rings. The molecule has 1 heterocycles. The third kappa shape index (κ3) is 4.52. The fourth-order valence-electron chi connectivity index (χ4n) is 2.16. The Hall–Kier alpha value is -1.57. The summed E-state index contributed by atoms with van der Waals surface area (Å²) >= 11 is 1.16. The normalized spacial score (nSPS) is 16.0. The van der Waals surface area contributed by atoms with Gasteiger partial charge >= 0.3 is 0 Å². The van der Waals surface area contributed by atoms with E-state index in [1.165, 1.54) is 19.3 Å². The molecule has 0 bridgehead atoms. The number of primary amides is 1. The largest absolute Gasteiger partial charge is 0.416 e. The molecule has 0 unspecified atom stereocenters. The van der Waals surface area contributed by atoms with E-state index < -0.39 is 5.91 Å². The average molecular weight is 298 g/mol. The van der Waals surface area contributed by atoms with Crippen molar-refractivity contribution < 1.29 is 14.0 Å². The molecule has 1 aliphatic carbocycles. The highest BCUT2D eigenvalue weighted by Gasteiger charge is 2.21. The Morgan fingerprint density at radius 1 is 1.30 bits per heavy atom. The van der Waals surface area contributed by atoms with E-state index >= 15 is 0 Å². The molecular formula is C12H18N4O3S. The van der Waals surface area contributed by atoms with E-state index in [1.54, 1.807) is 0 Å². The fourth-order valence-corrected chi connectivity index (χ4v) is 2.76. The summed E-state index contributed by atoms with van der Waals surface area (Å²) in [5.74, 6) is 0.297. The lowest BCUT2D eigenvalue weighted by atomic mass is 9.89. The molecule has 0 spiro atoms. The van der Waals surface area contributed by atoms with Crippen molar-refractivity contribution >= 4 is 23.6 Å². The highest BCUT2D eigenvalue weighted by Crippen LogP contribution is 2.32. The highest BCUT2D eigenvalue weighted by atomic mass is 32.2. The Balaban J connectivity index is 1.77. The number of nitrogens with one attached hydrogen (secondary N) is 1. The van der Waals surface area contributed by atoms with Gasteiger partial charge in [0.15, 0.2) is 0 Å². The fraction of sp³-hybridized carbons (Fsp3) is 0.667. The van der Waals surface area contributed by atoms with Crippen LogP contribution in [0.15, 0.2) is 9.64 Å². The van der Waals surface area contributed by atoms with Crippen molar-refractivity contribution in [1.82, 2.24) is 15.5 Å². The number of carbonyl (C=O) groups excluding carboxylic acids is 2. The molecule has 7 nitrogen and oxygen atoms in total. The maximum atomic E-state index is 11.4. The molecule has 3 N–H and O–H groups in total. The highest BCUT2D eigenvalue weighted by molar-refractivity contribution is 7.99. The summed E-state index contributed by atoms with van der Waals surface area (Å²) in [6.07, 6.45) is 5.85. The van der Waals surface area contributed by atoms with E-state index in [2.05, 4.69) is 15.5 Å². The molecule has 0 saturated heterocycles. The number of hydrogen-bond donors (Lipinski definition) is 2. The first-order valence-electron chi connectivity index (χ1n) is 6.66. The maximum absolute atomic E-state index is 11.4. The second-order valence-electron chi connectivity index (χ2n) is 4.77. The number of nitrogens with two attached hydrogens (primary N) is 1. The van der Waals surface area contributed by atoms with Crippen LogP contribution >= 0.6 is 11.8 Å². The van der Waals surface area contributed by atoms with Crippen LogP contribution in [0.4, 0.5) is 0 Å². The molecule has 0 aromatic carbocycles. The Morgan fingerprint density at radius 2 is 2.05 bits per heavy atom. The van der Waals surface area contributed by atoms with Crippen LogP contribution < -0.4 is 11.1 Å². The summed E-state index contributed by atoms with van der Waals surface area (Å²) in [6.45, 7) is -0.156. The standard InChI is InChI=1S/C12H18N4O3S/c13-9(17)6-14-10(18)7-20-12-16-15-11(19-12)8-4-2-1-3-5-8/h8H,1-7H2,(H2,13,17)(H,14,18). The van der Waals surface area contributed by atoms with Crippen LogP contribution in [0.2, 0.25) is 0 Å². The van der Waals surface area contributed by atoms with Gasteiger partial charge in [-0.05, 0) is 12.8 Å². The molecule has 0 atom stereocenters. The van der Waals surface area contributed by atoms with Crippen LogP contribution in [0.5, 0.6) is 0 Å². The Morgan fingerprint density at radius 3 is 2.75 bits per heavy atom. The van der Waals surface area contributed by atoms with Crippen LogP contribution in [0, 0.1) is 0 Å². The summed E-state index contributed by atoms with van der Waals surface area (Å²) in [4.78, 5) is 21.9. The number of nitrogens with zero attached hydrogens (tertiary/aromatic N) is 2. The van der Waals surface area contributed by atoms with Crippen molar-refractivity contribution in [2.45, 2.75) is 43.2 Å². The number of amides is 2. The van der Waals surface area contributed by atoms with Gasteiger partial charge in [0.05, 0.1) is 12.3 Å². The van der Waals surface area contributed by atoms with Crippen molar-refractivity contribution in [3.05, 3.63) is 5.89 Å². The van der Waals surface area contributed by atoms with Gasteiger partial charge in [0.2, 0.25) is 17.7 Å². The molecule has 20 heavy (non-hydrogen) atoms. The first-order chi connectivity index (χ1) is 9.65. The van der Waals surface area contributed by atoms with E-state index in [9.17, 15) is 9.59 Å². The van der Waals surface area contributed by atoms with E-state index in [0.717, 1.165) is 24.6 Å². The number of aromatic nitrogens is 2. The molecule has 1 aromatic heterocycles. The smallest absolute Gasteiger partial charge is 0.277 e. The zero-order valence-corrected chi connectivity index (χ0v) is 11.9. The zero-order chi connectivity index (χ0) is 14.4. The molecule has 110 valence electrons. The van der Waals surface area contributed by atoms with Crippen molar-refractivity contribution in [2.75, 3.05) is 12.3 Å². The molecule has 0 aliphatic heterocycles. The van der Waals surface area contributed by atoms with Gasteiger partial charge < -0.3 is 15.5 Å². The van der Waals surface area contributed by atoms with E-state index in [-0.39, 0.29) is 18.2 Å². The molecule has 2 rings (SSSR count). The van der Waals surface area contributed by atoms with Crippen LogP contribution in [-0.4, -0.2) is 34.3 Å². The lowest BCUT2D eigenvalue weighted by molar-refractivity contribution is -0.123. The Kier molecular flexibility index (Phi) is 5.40. The van der Waals surface area contributed by atoms with Crippen LogP contribution in [0.25, 0.3) is 0 Å². The van der Waals surface area contributed by atoms with Crippen molar-refractivity contribution in [3.63, 3.8) is 0 Å². The van der Waals surface area contributed by atoms with Crippen LogP contribution in [0.1, 0.15) is 43.9 Å². The lowest BCUT2D eigenvalue weighted by Gasteiger charge is -2.17. The molecule has 1 fully saturated rings. The van der Waals surface area contributed by atoms with Gasteiger partial charge in [-0.1, -0.05) is 31.0 Å². The molecule has 1 aliphatic rings. The van der Waals surface area contributed by atoms with Crippen molar-refractivity contribution in [3.8, 4) is 0 Å². The molecular weight excluding hydrogens is 280 g/mol. The predicted octanol–water partition coefficient (Wildman–Crippen LogP) is 0.811. The zero-order valence-electron chi connectivity index (χ0n) is 11.1. The first-order valence-corrected chi connectivity index (χ1v) is 7.65. The molecule has 0 radical (unpaired) electrons. The van der Waals surface area contributed by atoms with Crippen molar-refractivity contribution in [1.29, 1.82) is 0 Å². The van der Waals surface area contributed by atoms with Crippen LogP contribution in [-0.2, 0) is 9.59 Å². The first kappa shape index (κ1) is 14.8. The van der Waals surface area contributed by atoms with E-state index in [0.29, 0.717) is 17.0 Å². The van der Waals surface area contributed by atoms with E-state index in [1.807, 2.05) is 0 Å². The minimum absolute atomic E-state index is 0.125. The average Bonchev–Trinajstić information content (AvgIpc) is 2.93. The minimum atomic E-state index is -0.569. The third-order valence-electron chi connectivity index (χ3n) is 3.16. The molecule has 8 heteroatoms. The third-order valence-corrected chi connectivity index (χ3v) is 3.98. The van der Waals surface area contributed by atoms with Gasteiger partial charge in [0, 0.05) is 5.92 Å². The number of carbonyl (C=O) groups is 2. The number of thioether (sulfide) groups is 1. The number of rotatable bonds is 6. The predicted molar refractivity (Wildman–Crippen MR) is 73.1 cm³/mol. The Labute approximate surface area is 121 Å². The van der Waals surface area contributed by atoms with Gasteiger partial charge in [0.25, 0.3) is 5.22 Å². The topological polar surface area (TPSA) is 111 Å². The van der Waals surface area contributed by atoms with Gasteiger partial charge in [0.1, 0.15) is 0 Å². The Bertz CT molecular complexity index is 471. The second kappa shape index (κ2) is 7.28. The summed E-state index contributed by atoms with van der Waals surface area (Å²) < 4.78 is 5.57. The second-order valence-corrected chi connectivity index (χ2v) is 5.70. The SMILES string of the molecule is NC(=O)CNC(=O)CSc1nnc(C2CCCCC2)o1. The maximum Gasteiger partial charge on any atom is 0.277 e. The monoisotopic (exact) mass is 298 g/mol. The lowest BCUT2D eigenvalue weighted by Crippen LogP contribution is -2.34. The number of hydrogen-bond acceptors (Lipinski definition) is 6. The summed E-state index contributed by atoms with van der Waals surface area (Å²) in [6, 6.07) is 0. The van der Waals surface area contributed by atoms with Gasteiger partial charge in [-0.3, -0.25) is 9.59 Å². The van der Waals surface area contributed by atoms with Gasteiger partial charge in [-0.25, -0.2) is 0 Å². The summed E-state index contributed by atoms with van der Waals surface area (Å²) in [5, 5.41) is 10.8.